The molecular formula is C22H13ClFNO5. The second kappa shape index (κ2) is 7.96. The van der Waals surface area contributed by atoms with Crippen molar-refractivity contribution in [2.75, 3.05) is 0 Å². The number of Topliss-reactive ketones (excluding diaryl/α,β-unsaturated/α-hetero) is 1. The van der Waals surface area contributed by atoms with E-state index in [0.717, 1.165) is 0 Å². The summed E-state index contributed by atoms with van der Waals surface area (Å²) in [4.78, 5) is 23.0. The number of ketones is 1. The number of ether oxygens (including phenoxy) is 2. The van der Waals surface area contributed by atoms with Gasteiger partial charge in [0.05, 0.1) is 15.5 Å². The van der Waals surface area contributed by atoms with Crippen molar-refractivity contribution in [3.8, 4) is 11.5 Å². The van der Waals surface area contributed by atoms with Crippen molar-refractivity contribution in [3.63, 3.8) is 0 Å². The Morgan fingerprint density at radius 3 is 2.73 bits per heavy atom. The molecule has 30 heavy (non-hydrogen) atoms. The highest BCUT2D eigenvalue weighted by Gasteiger charge is 2.28. The number of halogens is 2. The van der Waals surface area contributed by atoms with Gasteiger partial charge in [0.2, 0.25) is 5.78 Å². The first-order valence-corrected chi connectivity index (χ1v) is 9.18. The predicted octanol–water partition coefficient (Wildman–Crippen LogP) is 5.58. The van der Waals surface area contributed by atoms with Gasteiger partial charge in [0.25, 0.3) is 5.69 Å². The van der Waals surface area contributed by atoms with Crippen molar-refractivity contribution in [1.29, 1.82) is 0 Å². The molecule has 0 spiro atoms. The highest BCUT2D eigenvalue weighted by Crippen LogP contribution is 2.35. The first kappa shape index (κ1) is 19.6. The van der Waals surface area contributed by atoms with E-state index in [9.17, 15) is 19.3 Å². The van der Waals surface area contributed by atoms with Crippen LogP contribution in [0.2, 0.25) is 5.02 Å². The van der Waals surface area contributed by atoms with E-state index in [2.05, 4.69) is 0 Å². The number of benzene rings is 3. The van der Waals surface area contributed by atoms with Crippen LogP contribution >= 0.6 is 11.6 Å². The number of fused-ring (bicyclic) bond motifs is 1. The number of hydrogen-bond donors (Lipinski definition) is 0. The van der Waals surface area contributed by atoms with Crippen LogP contribution in [0, 0.1) is 15.9 Å². The Morgan fingerprint density at radius 2 is 1.97 bits per heavy atom. The Labute approximate surface area is 175 Å². The van der Waals surface area contributed by atoms with Crippen molar-refractivity contribution in [2.24, 2.45) is 0 Å². The molecule has 8 heteroatoms. The quantitative estimate of drug-likeness (QED) is 0.303. The fourth-order valence-electron chi connectivity index (χ4n) is 2.94. The van der Waals surface area contributed by atoms with E-state index < -0.39 is 10.7 Å². The lowest BCUT2D eigenvalue weighted by atomic mass is 10.1. The molecule has 3 aromatic rings. The average Bonchev–Trinajstić information content (AvgIpc) is 3.02. The van der Waals surface area contributed by atoms with Crippen molar-refractivity contribution in [1.82, 2.24) is 0 Å². The van der Waals surface area contributed by atoms with Gasteiger partial charge in [-0.25, -0.2) is 4.39 Å². The molecule has 150 valence electrons. The average molecular weight is 426 g/mol. The van der Waals surface area contributed by atoms with Crippen LogP contribution in [0.25, 0.3) is 6.08 Å². The summed E-state index contributed by atoms with van der Waals surface area (Å²) in [6.45, 7) is 0.113. The molecule has 0 atom stereocenters. The van der Waals surface area contributed by atoms with Crippen LogP contribution in [-0.2, 0) is 6.61 Å². The van der Waals surface area contributed by atoms with Gasteiger partial charge in [-0.2, -0.15) is 0 Å². The zero-order valence-corrected chi connectivity index (χ0v) is 16.1. The van der Waals surface area contributed by atoms with Gasteiger partial charge in [-0.15, -0.1) is 0 Å². The number of non-ortho nitro benzene ring substituents is 1. The zero-order valence-electron chi connectivity index (χ0n) is 15.3. The summed E-state index contributed by atoms with van der Waals surface area (Å²) < 4.78 is 24.5. The van der Waals surface area contributed by atoms with Crippen LogP contribution < -0.4 is 9.47 Å². The molecule has 0 bridgehead atoms. The summed E-state index contributed by atoms with van der Waals surface area (Å²) in [6.07, 6.45) is 1.45. The van der Waals surface area contributed by atoms with Gasteiger partial charge in [0, 0.05) is 23.8 Å². The summed E-state index contributed by atoms with van der Waals surface area (Å²) in [5.41, 5.74) is 1.37. The molecule has 0 aliphatic carbocycles. The van der Waals surface area contributed by atoms with Gasteiger partial charge in [-0.05, 0) is 35.9 Å². The molecule has 1 aliphatic rings. The van der Waals surface area contributed by atoms with Crippen molar-refractivity contribution in [2.45, 2.75) is 6.61 Å². The van der Waals surface area contributed by atoms with Crippen LogP contribution in [0.3, 0.4) is 0 Å². The van der Waals surface area contributed by atoms with Gasteiger partial charge >= 0.3 is 0 Å². The molecule has 0 aromatic heterocycles. The fourth-order valence-corrected chi connectivity index (χ4v) is 3.16. The van der Waals surface area contributed by atoms with E-state index in [0.29, 0.717) is 28.2 Å². The maximum absolute atomic E-state index is 13.1. The van der Waals surface area contributed by atoms with Gasteiger partial charge in [-0.3, -0.25) is 14.9 Å². The van der Waals surface area contributed by atoms with E-state index in [1.165, 1.54) is 42.5 Å². The lowest BCUT2D eigenvalue weighted by Crippen LogP contribution is -1.98. The Hall–Kier alpha value is -3.71. The standard InChI is InChI=1S/C22H13ClFNO5/c23-19-10-15(24)5-4-14(19)12-29-17-6-7-18-20(11-17)30-21(22(18)26)9-13-2-1-3-16(8-13)25(27)28/h1-11H,12H2/b21-9+. The second-order valence-corrected chi connectivity index (χ2v) is 6.88. The van der Waals surface area contributed by atoms with Crippen molar-refractivity contribution < 1.29 is 23.6 Å². The molecule has 0 unspecified atom stereocenters. The van der Waals surface area contributed by atoms with E-state index >= 15 is 0 Å². The molecule has 1 aliphatic heterocycles. The van der Waals surface area contributed by atoms with Crippen molar-refractivity contribution in [3.05, 3.63) is 104 Å². The summed E-state index contributed by atoms with van der Waals surface area (Å²) >= 11 is 6.00. The molecule has 4 rings (SSSR count). The van der Waals surface area contributed by atoms with Gasteiger partial charge in [-0.1, -0.05) is 29.8 Å². The smallest absolute Gasteiger partial charge is 0.270 e. The Balaban J connectivity index is 1.52. The van der Waals surface area contributed by atoms with Crippen LogP contribution in [0.15, 0.2) is 66.4 Å². The first-order chi connectivity index (χ1) is 14.4. The summed E-state index contributed by atoms with van der Waals surface area (Å²) in [5, 5.41) is 11.2. The van der Waals surface area contributed by atoms with Crippen LogP contribution in [-0.4, -0.2) is 10.7 Å². The lowest BCUT2D eigenvalue weighted by Gasteiger charge is -2.08. The SMILES string of the molecule is O=C1/C(=C\c2cccc([N+](=O)[O-])c2)Oc2cc(OCc3ccc(F)cc3Cl)ccc21. The molecule has 0 radical (unpaired) electrons. The molecule has 0 fully saturated rings. The van der Waals surface area contributed by atoms with Gasteiger partial charge in [0.15, 0.2) is 5.76 Å². The number of nitrogens with zero attached hydrogens (tertiary/aromatic N) is 1. The van der Waals surface area contributed by atoms with Gasteiger partial charge < -0.3 is 9.47 Å². The molecule has 3 aromatic carbocycles. The number of nitro groups is 1. The largest absolute Gasteiger partial charge is 0.489 e. The molecule has 0 amide bonds. The maximum atomic E-state index is 13.1. The molecule has 6 nitrogen and oxygen atoms in total. The number of nitro benzene ring substituents is 1. The minimum atomic E-state index is -0.509. The normalized spacial score (nSPS) is 13.8. The first-order valence-electron chi connectivity index (χ1n) is 8.80. The Morgan fingerprint density at radius 1 is 1.13 bits per heavy atom. The van der Waals surface area contributed by atoms with E-state index in [-0.39, 0.29) is 28.9 Å². The lowest BCUT2D eigenvalue weighted by molar-refractivity contribution is -0.384. The zero-order chi connectivity index (χ0) is 21.3. The third-order valence-electron chi connectivity index (χ3n) is 4.43. The Kier molecular flexibility index (Phi) is 5.20. The number of carbonyl (C=O) groups is 1. The summed E-state index contributed by atoms with van der Waals surface area (Å²) in [6, 6.07) is 14.7. The third-order valence-corrected chi connectivity index (χ3v) is 4.78. The number of rotatable bonds is 5. The van der Waals surface area contributed by atoms with Gasteiger partial charge in [0.1, 0.15) is 23.9 Å². The number of hydrogen-bond acceptors (Lipinski definition) is 5. The predicted molar refractivity (Wildman–Crippen MR) is 108 cm³/mol. The second-order valence-electron chi connectivity index (χ2n) is 6.47. The maximum Gasteiger partial charge on any atom is 0.270 e. The summed E-state index contributed by atoms with van der Waals surface area (Å²) in [5.74, 6) is 0.0584. The minimum absolute atomic E-state index is 0.0595. The van der Waals surface area contributed by atoms with Crippen LogP contribution in [0.1, 0.15) is 21.5 Å². The van der Waals surface area contributed by atoms with E-state index in [1.54, 1.807) is 24.3 Å². The van der Waals surface area contributed by atoms with Crippen LogP contribution in [0.4, 0.5) is 10.1 Å². The third kappa shape index (κ3) is 4.01. The highest BCUT2D eigenvalue weighted by atomic mass is 35.5. The molecule has 0 N–H and O–H groups in total. The van der Waals surface area contributed by atoms with E-state index in [1.807, 2.05) is 0 Å². The summed E-state index contributed by atoms with van der Waals surface area (Å²) in [7, 11) is 0. The topological polar surface area (TPSA) is 78.7 Å². The molecule has 0 saturated carbocycles. The monoisotopic (exact) mass is 425 g/mol. The highest BCUT2D eigenvalue weighted by molar-refractivity contribution is 6.31. The van der Waals surface area contributed by atoms with Crippen LogP contribution in [0.5, 0.6) is 11.5 Å². The molecule has 1 heterocycles. The van der Waals surface area contributed by atoms with Crippen molar-refractivity contribution >= 4 is 29.1 Å². The Bertz CT molecular complexity index is 1210. The number of allylic oxidation sites excluding steroid dienone is 1. The fraction of sp³-hybridized carbons (Fsp3) is 0.0455. The molecular weight excluding hydrogens is 413 g/mol. The number of carbonyl (C=O) groups excluding carboxylic acids is 1. The minimum Gasteiger partial charge on any atom is -0.489 e. The molecule has 0 saturated heterocycles. The van der Waals surface area contributed by atoms with E-state index in [4.69, 9.17) is 21.1 Å².